The van der Waals surface area contributed by atoms with E-state index >= 15 is 0 Å². The van der Waals surface area contributed by atoms with Crippen LogP contribution < -0.4 is 10.6 Å². The molecule has 0 aliphatic carbocycles. The lowest BCUT2D eigenvalue weighted by atomic mass is 9.96. The fourth-order valence-corrected chi connectivity index (χ4v) is 3.69. The number of aliphatic hydroxyl groups excluding tert-OH is 1. The van der Waals surface area contributed by atoms with E-state index in [0.717, 1.165) is 10.9 Å². The first kappa shape index (κ1) is 21.8. The van der Waals surface area contributed by atoms with Crippen molar-refractivity contribution < 1.29 is 27.5 Å². The van der Waals surface area contributed by atoms with E-state index in [4.69, 9.17) is 0 Å². The fraction of sp³-hybridized carbons (Fsp3) is 0.273. The predicted molar refractivity (Wildman–Crippen MR) is 110 cm³/mol. The Morgan fingerprint density at radius 1 is 1.19 bits per heavy atom. The van der Waals surface area contributed by atoms with E-state index in [1.165, 1.54) is 24.3 Å². The molecule has 3 N–H and O–H groups in total. The number of carbonyl (C=O) groups is 1. The largest absolute Gasteiger partial charge is 0.410 e. The molecule has 1 aromatic heterocycles. The molecule has 0 saturated carbocycles. The van der Waals surface area contributed by atoms with Crippen LogP contribution in [0.15, 0.2) is 54.7 Å². The number of benzene rings is 2. The van der Waals surface area contributed by atoms with Gasteiger partial charge >= 0.3 is 6.18 Å². The van der Waals surface area contributed by atoms with Crippen molar-refractivity contribution in [3.63, 3.8) is 0 Å². The number of nitrogens with zero attached hydrogens (tertiary/aromatic N) is 2. The summed E-state index contributed by atoms with van der Waals surface area (Å²) in [7, 11) is 0. The summed E-state index contributed by atoms with van der Waals surface area (Å²) in [4.78, 5) is 12.8. The minimum atomic E-state index is -4.59. The van der Waals surface area contributed by atoms with Crippen LogP contribution in [-0.4, -0.2) is 27.0 Å². The van der Waals surface area contributed by atoms with Crippen LogP contribution in [0.4, 0.5) is 29.1 Å². The summed E-state index contributed by atoms with van der Waals surface area (Å²) in [6.07, 6.45) is -4.53. The smallest absolute Gasteiger partial charge is 0.389 e. The number of alkyl halides is 3. The highest BCUT2D eigenvalue weighted by Gasteiger charge is 2.47. The minimum absolute atomic E-state index is 0.0503. The predicted octanol–water partition coefficient (Wildman–Crippen LogP) is 4.99. The lowest BCUT2D eigenvalue weighted by molar-refractivity contribution is -0.173. The van der Waals surface area contributed by atoms with E-state index < -0.39 is 36.1 Å². The van der Waals surface area contributed by atoms with E-state index in [-0.39, 0.29) is 17.8 Å². The number of amides is 1. The topological polar surface area (TPSA) is 79.2 Å². The van der Waals surface area contributed by atoms with E-state index in [1.54, 1.807) is 31.2 Å². The number of fused-ring (bicyclic) bond motifs is 1. The maximum Gasteiger partial charge on any atom is 0.410 e. The number of hydrogen-bond donors (Lipinski definition) is 3. The molecular formula is C22H20F4N4O2. The quantitative estimate of drug-likeness (QED) is 0.492. The zero-order chi connectivity index (χ0) is 23.0. The molecular weight excluding hydrogens is 428 g/mol. The molecule has 1 aliphatic heterocycles. The first-order valence-electron chi connectivity index (χ1n) is 9.89. The molecule has 3 aromatic rings. The van der Waals surface area contributed by atoms with Gasteiger partial charge in [-0.1, -0.05) is 24.3 Å². The van der Waals surface area contributed by atoms with Crippen LogP contribution in [-0.2, 0) is 0 Å². The Balaban J connectivity index is 1.64. The number of aromatic nitrogens is 2. The van der Waals surface area contributed by atoms with Gasteiger partial charge in [0.1, 0.15) is 17.2 Å². The molecule has 0 fully saturated rings. The van der Waals surface area contributed by atoms with Gasteiger partial charge in [-0.05, 0) is 42.3 Å². The molecule has 3 atom stereocenters. The average molecular weight is 448 g/mol. The maximum absolute atomic E-state index is 13.8. The number of carbonyl (C=O) groups excluding carboxylic acids is 1. The number of hydrogen-bond acceptors (Lipinski definition) is 4. The Morgan fingerprint density at radius 2 is 1.84 bits per heavy atom. The van der Waals surface area contributed by atoms with Crippen molar-refractivity contribution in [3.8, 4) is 0 Å². The van der Waals surface area contributed by atoms with Gasteiger partial charge in [-0.2, -0.15) is 18.3 Å². The van der Waals surface area contributed by atoms with Crippen molar-refractivity contribution in [3.05, 3.63) is 77.2 Å². The van der Waals surface area contributed by atoms with Crippen LogP contribution in [0.2, 0.25) is 0 Å². The first-order valence-corrected chi connectivity index (χ1v) is 9.89. The van der Waals surface area contributed by atoms with E-state index in [0.29, 0.717) is 16.8 Å². The molecule has 0 spiro atoms. The fourth-order valence-electron chi connectivity index (χ4n) is 3.69. The lowest BCUT2D eigenvalue weighted by Crippen LogP contribution is -2.36. The van der Waals surface area contributed by atoms with E-state index in [2.05, 4.69) is 15.7 Å². The number of aliphatic hydroxyl groups is 1. The summed E-state index contributed by atoms with van der Waals surface area (Å²) in [6.45, 7) is 1.60. The van der Waals surface area contributed by atoms with Crippen molar-refractivity contribution in [1.82, 2.24) is 9.78 Å². The van der Waals surface area contributed by atoms with Gasteiger partial charge in [0.15, 0.2) is 6.04 Å². The van der Waals surface area contributed by atoms with Crippen molar-refractivity contribution >= 4 is 17.4 Å². The summed E-state index contributed by atoms with van der Waals surface area (Å²) in [6, 6.07) is 8.89. The molecule has 4 rings (SSSR count). The van der Waals surface area contributed by atoms with Gasteiger partial charge in [-0.3, -0.25) is 4.79 Å². The molecule has 168 valence electrons. The van der Waals surface area contributed by atoms with Gasteiger partial charge in [-0.15, -0.1) is 0 Å². The third-order valence-corrected chi connectivity index (χ3v) is 5.41. The maximum atomic E-state index is 13.8. The molecule has 0 saturated heterocycles. The average Bonchev–Trinajstić information content (AvgIpc) is 3.17. The van der Waals surface area contributed by atoms with Gasteiger partial charge in [0.25, 0.3) is 5.91 Å². The lowest BCUT2D eigenvalue weighted by Gasteiger charge is -2.34. The third kappa shape index (κ3) is 4.31. The molecule has 0 radical (unpaired) electrons. The van der Waals surface area contributed by atoms with Crippen molar-refractivity contribution in [1.29, 1.82) is 0 Å². The standard InChI is InChI=1S/C22H20F4N4O2/c1-12(31)13-4-8-16(9-5-13)28-21(32)17-11-27-30-19(22(24,25)26)10-18(29-20(17)30)14-2-6-15(23)7-3-14/h2-9,11-12,18-19,29,31H,10H2,1H3,(H,28,32)/t12-,18+,19+/m0/s1. The van der Waals surface area contributed by atoms with Crippen molar-refractivity contribution in [2.24, 2.45) is 0 Å². The first-order chi connectivity index (χ1) is 15.1. The van der Waals surface area contributed by atoms with Gasteiger partial charge in [0.2, 0.25) is 0 Å². The van der Waals surface area contributed by atoms with Crippen LogP contribution in [0, 0.1) is 5.82 Å². The number of halogens is 4. The molecule has 6 nitrogen and oxygen atoms in total. The van der Waals surface area contributed by atoms with Crippen LogP contribution in [0.25, 0.3) is 0 Å². The second-order valence-corrected chi connectivity index (χ2v) is 7.65. The Labute approximate surface area is 180 Å². The normalized spacial score (nSPS) is 19.1. The van der Waals surface area contributed by atoms with Crippen LogP contribution in [0.5, 0.6) is 0 Å². The second-order valence-electron chi connectivity index (χ2n) is 7.65. The Morgan fingerprint density at radius 3 is 2.44 bits per heavy atom. The summed E-state index contributed by atoms with van der Waals surface area (Å²) in [5, 5.41) is 19.0. The van der Waals surface area contributed by atoms with Gasteiger partial charge in [-0.25, -0.2) is 9.07 Å². The molecule has 2 aromatic carbocycles. The minimum Gasteiger partial charge on any atom is -0.389 e. The van der Waals surface area contributed by atoms with Gasteiger partial charge < -0.3 is 15.7 Å². The Bertz CT molecular complexity index is 1110. The van der Waals surface area contributed by atoms with Crippen molar-refractivity contribution in [2.45, 2.75) is 37.7 Å². The molecule has 10 heteroatoms. The molecule has 32 heavy (non-hydrogen) atoms. The highest BCUT2D eigenvalue weighted by atomic mass is 19.4. The van der Waals surface area contributed by atoms with E-state index in [1.807, 2.05) is 0 Å². The highest BCUT2D eigenvalue weighted by Crippen LogP contribution is 2.44. The van der Waals surface area contributed by atoms with Crippen LogP contribution >= 0.6 is 0 Å². The van der Waals surface area contributed by atoms with Crippen molar-refractivity contribution in [2.75, 3.05) is 10.6 Å². The summed E-state index contributed by atoms with van der Waals surface area (Å²) in [5.41, 5.74) is 1.49. The molecule has 0 bridgehead atoms. The van der Waals surface area contributed by atoms with Crippen LogP contribution in [0.3, 0.4) is 0 Å². The second kappa shape index (κ2) is 8.27. The van der Waals surface area contributed by atoms with Gasteiger partial charge in [0.05, 0.1) is 18.3 Å². The molecule has 2 heterocycles. The summed E-state index contributed by atoms with van der Waals surface area (Å²) in [5.74, 6) is -1.20. The Kier molecular flexibility index (Phi) is 5.64. The monoisotopic (exact) mass is 448 g/mol. The van der Waals surface area contributed by atoms with Gasteiger partial charge in [0, 0.05) is 12.1 Å². The van der Waals surface area contributed by atoms with Crippen LogP contribution in [0.1, 0.15) is 53.0 Å². The highest BCUT2D eigenvalue weighted by molar-refractivity contribution is 6.07. The molecule has 1 aliphatic rings. The summed E-state index contributed by atoms with van der Waals surface area (Å²) >= 11 is 0. The summed E-state index contributed by atoms with van der Waals surface area (Å²) < 4.78 is 55.3. The zero-order valence-corrected chi connectivity index (χ0v) is 16.9. The molecule has 1 amide bonds. The number of rotatable bonds is 4. The van der Waals surface area contributed by atoms with E-state index in [9.17, 15) is 27.5 Å². The Hall–Kier alpha value is -3.40. The number of nitrogens with one attached hydrogen (secondary N) is 2. The molecule has 0 unspecified atom stereocenters. The zero-order valence-electron chi connectivity index (χ0n) is 16.9. The SMILES string of the molecule is C[C@H](O)c1ccc(NC(=O)c2cnn3c2N[C@@H](c2ccc(F)cc2)C[C@@H]3C(F)(F)F)cc1. The third-order valence-electron chi connectivity index (χ3n) is 5.41. The number of anilines is 2.